The molecule has 0 spiro atoms. The number of halogens is 1. The zero-order valence-electron chi connectivity index (χ0n) is 15.8. The average molecular weight is 411 g/mol. The number of rotatable bonds is 7. The lowest BCUT2D eigenvalue weighted by Crippen LogP contribution is -2.33. The number of fused-ring (bicyclic) bond motifs is 1. The van der Waals surface area contributed by atoms with E-state index in [-0.39, 0.29) is 12.5 Å². The molecular weight excluding hydrogens is 392 g/mol. The molecule has 2 heterocycles. The van der Waals surface area contributed by atoms with Gasteiger partial charge in [0.1, 0.15) is 11.4 Å². The Hall–Kier alpha value is -3.32. The van der Waals surface area contributed by atoms with Gasteiger partial charge >= 0.3 is 0 Å². The normalized spacial score (nSPS) is 11.0. The van der Waals surface area contributed by atoms with Gasteiger partial charge in [0, 0.05) is 35.9 Å². The van der Waals surface area contributed by atoms with Crippen LogP contribution in [0.4, 0.5) is 0 Å². The van der Waals surface area contributed by atoms with Crippen molar-refractivity contribution in [1.29, 1.82) is 0 Å². The number of ether oxygens (including phenoxy) is 1. The summed E-state index contributed by atoms with van der Waals surface area (Å²) in [4.78, 5) is 21.5. The summed E-state index contributed by atoms with van der Waals surface area (Å²) in [5, 5.41) is 5.70. The number of aromatic nitrogens is 3. The molecule has 0 radical (unpaired) electrons. The molecule has 7 nitrogen and oxygen atoms in total. The third kappa shape index (κ3) is 4.57. The fourth-order valence-electron chi connectivity index (χ4n) is 2.83. The highest BCUT2D eigenvalue weighted by atomic mass is 35.5. The number of carbonyl (C=O) groups is 1. The van der Waals surface area contributed by atoms with Crippen molar-refractivity contribution in [2.24, 2.45) is 0 Å². The second kappa shape index (κ2) is 8.36. The predicted molar refractivity (Wildman–Crippen MR) is 110 cm³/mol. The fourth-order valence-corrected chi connectivity index (χ4v) is 2.96. The summed E-state index contributed by atoms with van der Waals surface area (Å²) in [5.41, 5.74) is 1.78. The van der Waals surface area contributed by atoms with Crippen molar-refractivity contribution in [3.05, 3.63) is 65.4 Å². The number of para-hydroxylation sites is 1. The Kier molecular flexibility index (Phi) is 5.48. The molecule has 1 amide bonds. The number of likely N-dealkylation sites (N-methyl/N-ethyl adjacent to an activating group) is 1. The van der Waals surface area contributed by atoms with Crippen LogP contribution in [0.15, 0.2) is 59.1 Å². The third-order valence-electron chi connectivity index (χ3n) is 4.50. The summed E-state index contributed by atoms with van der Waals surface area (Å²) in [6, 6.07) is 16.8. The van der Waals surface area contributed by atoms with Gasteiger partial charge in [-0.25, -0.2) is 0 Å². The molecule has 148 valence electrons. The van der Waals surface area contributed by atoms with Gasteiger partial charge in [0.2, 0.25) is 0 Å². The van der Waals surface area contributed by atoms with E-state index in [2.05, 4.69) is 15.1 Å². The van der Waals surface area contributed by atoms with Gasteiger partial charge in [0.15, 0.2) is 12.4 Å². The van der Waals surface area contributed by atoms with E-state index < -0.39 is 0 Å². The Bertz CT molecular complexity index is 1090. The number of H-pyrrole nitrogens is 1. The first-order chi connectivity index (χ1) is 14.1. The van der Waals surface area contributed by atoms with Gasteiger partial charge in [-0.1, -0.05) is 35.0 Å². The van der Waals surface area contributed by atoms with Gasteiger partial charge in [-0.15, -0.1) is 0 Å². The number of benzene rings is 2. The topological polar surface area (TPSA) is 84.3 Å². The van der Waals surface area contributed by atoms with Crippen LogP contribution in [-0.4, -0.2) is 46.1 Å². The molecule has 0 saturated carbocycles. The van der Waals surface area contributed by atoms with E-state index in [0.29, 0.717) is 35.5 Å². The Balaban J connectivity index is 1.30. The van der Waals surface area contributed by atoms with Gasteiger partial charge in [-0.3, -0.25) is 4.79 Å². The van der Waals surface area contributed by atoms with Crippen LogP contribution < -0.4 is 4.74 Å². The van der Waals surface area contributed by atoms with Crippen molar-refractivity contribution < 1.29 is 14.1 Å². The maximum absolute atomic E-state index is 12.2. The molecule has 0 bridgehead atoms. The van der Waals surface area contributed by atoms with Crippen LogP contribution in [-0.2, 0) is 11.2 Å². The Morgan fingerprint density at radius 3 is 2.79 bits per heavy atom. The van der Waals surface area contributed by atoms with Crippen LogP contribution >= 0.6 is 11.6 Å². The maximum Gasteiger partial charge on any atom is 0.274 e. The lowest BCUT2D eigenvalue weighted by Gasteiger charge is -2.16. The van der Waals surface area contributed by atoms with E-state index in [4.69, 9.17) is 20.9 Å². The molecule has 4 rings (SSSR count). The molecule has 29 heavy (non-hydrogen) atoms. The van der Waals surface area contributed by atoms with Crippen LogP contribution in [0.5, 0.6) is 5.75 Å². The van der Waals surface area contributed by atoms with Crippen molar-refractivity contribution in [2.45, 2.75) is 6.42 Å². The Labute approximate surface area is 172 Å². The van der Waals surface area contributed by atoms with Crippen molar-refractivity contribution in [3.63, 3.8) is 0 Å². The maximum atomic E-state index is 12.2. The van der Waals surface area contributed by atoms with Gasteiger partial charge in [0.25, 0.3) is 11.8 Å². The second-order valence-corrected chi connectivity index (χ2v) is 7.03. The molecule has 0 aliphatic heterocycles. The zero-order valence-corrected chi connectivity index (χ0v) is 16.5. The molecule has 0 fully saturated rings. The standard InChI is InChI=1S/C21H19ClN4O3/c1-26(20(27)13-28-16-8-6-15(22)7-9-16)11-10-19-24-21(29-25-19)18-12-14-4-2-3-5-17(14)23-18/h2-9,12,23H,10-11,13H2,1H3. The third-order valence-corrected chi connectivity index (χ3v) is 4.75. The first kappa shape index (κ1) is 19.0. The summed E-state index contributed by atoms with van der Waals surface area (Å²) >= 11 is 5.83. The molecule has 0 atom stereocenters. The molecule has 0 saturated heterocycles. The summed E-state index contributed by atoms with van der Waals surface area (Å²) in [6.07, 6.45) is 0.479. The van der Waals surface area contributed by atoms with Crippen molar-refractivity contribution in [2.75, 3.05) is 20.2 Å². The Morgan fingerprint density at radius 2 is 2.00 bits per heavy atom. The molecule has 2 aromatic carbocycles. The van der Waals surface area contributed by atoms with Crippen LogP contribution in [0.3, 0.4) is 0 Å². The first-order valence-electron chi connectivity index (χ1n) is 9.11. The second-order valence-electron chi connectivity index (χ2n) is 6.59. The van der Waals surface area contributed by atoms with Crippen molar-refractivity contribution in [3.8, 4) is 17.3 Å². The minimum atomic E-state index is -0.140. The number of carbonyl (C=O) groups excluding carboxylic acids is 1. The van der Waals surface area contributed by atoms with E-state index in [1.54, 1.807) is 36.2 Å². The summed E-state index contributed by atoms with van der Waals surface area (Å²) < 4.78 is 10.8. The van der Waals surface area contributed by atoms with E-state index >= 15 is 0 Å². The van der Waals surface area contributed by atoms with Crippen molar-refractivity contribution in [1.82, 2.24) is 20.0 Å². The molecule has 0 unspecified atom stereocenters. The number of aromatic amines is 1. The minimum Gasteiger partial charge on any atom is -0.484 e. The summed E-state index contributed by atoms with van der Waals surface area (Å²) in [7, 11) is 1.71. The van der Waals surface area contributed by atoms with E-state index in [0.717, 1.165) is 16.6 Å². The number of nitrogens with one attached hydrogen (secondary N) is 1. The number of hydrogen-bond acceptors (Lipinski definition) is 5. The molecular formula is C21H19ClN4O3. The van der Waals surface area contributed by atoms with Crippen LogP contribution in [0.1, 0.15) is 5.82 Å². The van der Waals surface area contributed by atoms with Gasteiger partial charge < -0.3 is 19.1 Å². The van der Waals surface area contributed by atoms with Crippen LogP contribution in [0.25, 0.3) is 22.5 Å². The van der Waals surface area contributed by atoms with E-state index in [1.807, 2.05) is 30.3 Å². The SMILES string of the molecule is CN(CCc1noc(-c2cc3ccccc3[nH]2)n1)C(=O)COc1ccc(Cl)cc1. The average Bonchev–Trinajstić information content (AvgIpc) is 3.38. The van der Waals surface area contributed by atoms with Crippen LogP contribution in [0.2, 0.25) is 5.02 Å². The zero-order chi connectivity index (χ0) is 20.2. The van der Waals surface area contributed by atoms with Gasteiger partial charge in [-0.2, -0.15) is 4.98 Å². The first-order valence-corrected chi connectivity index (χ1v) is 9.49. The van der Waals surface area contributed by atoms with Crippen LogP contribution in [0, 0.1) is 0 Å². The summed E-state index contributed by atoms with van der Waals surface area (Å²) in [6.45, 7) is 0.402. The number of amides is 1. The largest absolute Gasteiger partial charge is 0.484 e. The quantitative estimate of drug-likeness (QED) is 0.498. The van der Waals surface area contributed by atoms with E-state index in [1.165, 1.54) is 0 Å². The highest BCUT2D eigenvalue weighted by Crippen LogP contribution is 2.22. The predicted octanol–water partition coefficient (Wildman–Crippen LogP) is 3.95. The highest BCUT2D eigenvalue weighted by Gasteiger charge is 2.14. The monoisotopic (exact) mass is 410 g/mol. The molecule has 0 aliphatic rings. The fraction of sp³-hybridized carbons (Fsp3) is 0.190. The van der Waals surface area contributed by atoms with E-state index in [9.17, 15) is 4.79 Å². The number of nitrogens with zero attached hydrogens (tertiary/aromatic N) is 3. The smallest absolute Gasteiger partial charge is 0.274 e. The van der Waals surface area contributed by atoms with Crippen molar-refractivity contribution >= 4 is 28.4 Å². The lowest BCUT2D eigenvalue weighted by molar-refractivity contribution is -0.132. The number of hydrogen-bond donors (Lipinski definition) is 1. The highest BCUT2D eigenvalue weighted by molar-refractivity contribution is 6.30. The molecule has 0 aliphatic carbocycles. The molecule has 2 aromatic heterocycles. The minimum absolute atomic E-state index is 0.0509. The molecule has 8 heteroatoms. The molecule has 1 N–H and O–H groups in total. The Morgan fingerprint density at radius 1 is 1.21 bits per heavy atom. The lowest BCUT2D eigenvalue weighted by atomic mass is 10.2. The molecule has 4 aromatic rings. The van der Waals surface area contributed by atoms with Gasteiger partial charge in [-0.05, 0) is 36.4 Å². The van der Waals surface area contributed by atoms with Gasteiger partial charge in [0.05, 0.1) is 0 Å². The summed E-state index contributed by atoms with van der Waals surface area (Å²) in [5.74, 6) is 1.42.